The summed E-state index contributed by atoms with van der Waals surface area (Å²) in [5, 5.41) is 8.65. The summed E-state index contributed by atoms with van der Waals surface area (Å²) in [5.41, 5.74) is 1.48. The molecule has 0 unspecified atom stereocenters. The maximum absolute atomic E-state index is 12.5. The van der Waals surface area contributed by atoms with Gasteiger partial charge in [0, 0.05) is 23.7 Å². The van der Waals surface area contributed by atoms with Crippen molar-refractivity contribution in [2.24, 2.45) is 5.92 Å². The average Bonchev–Trinajstić information content (AvgIpc) is 2.42. The highest BCUT2D eigenvalue weighted by Gasteiger charge is 2.19. The Labute approximate surface area is 121 Å². The zero-order valence-electron chi connectivity index (χ0n) is 12.7. The van der Waals surface area contributed by atoms with Gasteiger partial charge in [-0.2, -0.15) is 0 Å². The topological polar surface area (TPSA) is 40.5 Å². The number of aliphatic hydroxyl groups is 1. The lowest BCUT2D eigenvalue weighted by atomic mass is 10.1. The van der Waals surface area contributed by atoms with E-state index in [9.17, 15) is 4.79 Å². The first-order chi connectivity index (χ1) is 9.45. The highest BCUT2D eigenvalue weighted by molar-refractivity contribution is 5.94. The molecule has 0 bridgehead atoms. The van der Waals surface area contributed by atoms with Crippen molar-refractivity contribution in [1.29, 1.82) is 0 Å². The van der Waals surface area contributed by atoms with E-state index in [1.54, 1.807) is 12.1 Å². The SMILES string of the molecule is CC(C)CN(C(=O)c1ccc(C#CCO)cc1)C(C)C. The van der Waals surface area contributed by atoms with Crippen LogP contribution in [0.5, 0.6) is 0 Å². The first-order valence-corrected chi connectivity index (χ1v) is 6.96. The van der Waals surface area contributed by atoms with Crippen LogP contribution in [0.2, 0.25) is 0 Å². The second-order valence-electron chi connectivity index (χ2n) is 5.48. The van der Waals surface area contributed by atoms with Gasteiger partial charge >= 0.3 is 0 Å². The second-order valence-corrected chi connectivity index (χ2v) is 5.48. The maximum atomic E-state index is 12.5. The molecular weight excluding hydrogens is 250 g/mol. The van der Waals surface area contributed by atoms with Gasteiger partial charge in [0.15, 0.2) is 0 Å². The molecule has 0 aromatic heterocycles. The highest BCUT2D eigenvalue weighted by Crippen LogP contribution is 2.12. The summed E-state index contributed by atoms with van der Waals surface area (Å²) in [6.07, 6.45) is 0. The third-order valence-electron chi connectivity index (χ3n) is 2.89. The van der Waals surface area contributed by atoms with Crippen molar-refractivity contribution in [2.45, 2.75) is 33.7 Å². The van der Waals surface area contributed by atoms with Crippen LogP contribution in [0.25, 0.3) is 0 Å². The number of nitrogens with zero attached hydrogens (tertiary/aromatic N) is 1. The van der Waals surface area contributed by atoms with E-state index < -0.39 is 0 Å². The van der Waals surface area contributed by atoms with Gasteiger partial charge in [-0.15, -0.1) is 0 Å². The fraction of sp³-hybridized carbons (Fsp3) is 0.471. The molecule has 0 heterocycles. The average molecular weight is 273 g/mol. The molecule has 0 spiro atoms. The third kappa shape index (κ3) is 4.71. The number of carbonyl (C=O) groups is 1. The molecule has 0 saturated heterocycles. The van der Waals surface area contributed by atoms with Crippen LogP contribution < -0.4 is 0 Å². The molecule has 0 aliphatic heterocycles. The van der Waals surface area contributed by atoms with Gasteiger partial charge in [0.1, 0.15) is 6.61 Å². The molecule has 0 saturated carbocycles. The van der Waals surface area contributed by atoms with Crippen LogP contribution in [0.1, 0.15) is 43.6 Å². The molecule has 1 aromatic rings. The molecule has 0 fully saturated rings. The Bertz CT molecular complexity index is 492. The van der Waals surface area contributed by atoms with Gasteiger partial charge in [-0.05, 0) is 44.0 Å². The summed E-state index contributed by atoms with van der Waals surface area (Å²) in [7, 11) is 0. The minimum absolute atomic E-state index is 0.0513. The largest absolute Gasteiger partial charge is 0.384 e. The maximum Gasteiger partial charge on any atom is 0.254 e. The van der Waals surface area contributed by atoms with Crippen LogP contribution in [0, 0.1) is 17.8 Å². The number of hydrogen-bond acceptors (Lipinski definition) is 2. The number of benzene rings is 1. The van der Waals surface area contributed by atoms with Crippen LogP contribution in [-0.4, -0.2) is 35.1 Å². The van der Waals surface area contributed by atoms with Crippen molar-refractivity contribution in [3.8, 4) is 11.8 Å². The fourth-order valence-corrected chi connectivity index (χ4v) is 1.93. The fourth-order valence-electron chi connectivity index (χ4n) is 1.93. The number of aliphatic hydroxyl groups excluding tert-OH is 1. The predicted molar refractivity (Wildman–Crippen MR) is 81.4 cm³/mol. The van der Waals surface area contributed by atoms with Crippen molar-refractivity contribution in [1.82, 2.24) is 4.90 Å². The Hall–Kier alpha value is -1.79. The Morgan fingerprint density at radius 3 is 2.25 bits per heavy atom. The second kappa shape index (κ2) is 7.72. The summed E-state index contributed by atoms with van der Waals surface area (Å²) in [4.78, 5) is 14.4. The van der Waals surface area contributed by atoms with Crippen molar-refractivity contribution >= 4 is 5.91 Å². The van der Waals surface area contributed by atoms with Crippen molar-refractivity contribution in [3.05, 3.63) is 35.4 Å². The highest BCUT2D eigenvalue weighted by atomic mass is 16.2. The smallest absolute Gasteiger partial charge is 0.254 e. The van der Waals surface area contributed by atoms with Crippen LogP contribution in [-0.2, 0) is 0 Å². The summed E-state index contributed by atoms with van der Waals surface area (Å²) in [5.74, 6) is 5.90. The van der Waals surface area contributed by atoms with E-state index in [0.29, 0.717) is 11.5 Å². The molecular formula is C17H23NO2. The Kier molecular flexibility index (Phi) is 6.27. The normalized spacial score (nSPS) is 10.3. The van der Waals surface area contributed by atoms with E-state index in [4.69, 9.17) is 5.11 Å². The molecule has 1 aromatic carbocycles. The van der Waals surface area contributed by atoms with E-state index in [1.165, 1.54) is 0 Å². The van der Waals surface area contributed by atoms with E-state index in [1.807, 2.05) is 30.9 Å². The molecule has 108 valence electrons. The number of hydrogen-bond donors (Lipinski definition) is 1. The lowest BCUT2D eigenvalue weighted by Crippen LogP contribution is -2.39. The predicted octanol–water partition coefficient (Wildman–Crippen LogP) is 2.54. The summed E-state index contributed by atoms with van der Waals surface area (Å²) in [6, 6.07) is 7.38. The zero-order chi connectivity index (χ0) is 15.1. The summed E-state index contributed by atoms with van der Waals surface area (Å²) >= 11 is 0. The van der Waals surface area contributed by atoms with Crippen LogP contribution in [0.15, 0.2) is 24.3 Å². The van der Waals surface area contributed by atoms with E-state index in [0.717, 1.165) is 12.1 Å². The standard InChI is InChI=1S/C17H23NO2/c1-13(2)12-18(14(3)4)17(20)16-9-7-15(8-10-16)6-5-11-19/h7-10,13-14,19H,11-12H2,1-4H3. The van der Waals surface area contributed by atoms with Crippen LogP contribution >= 0.6 is 0 Å². The minimum atomic E-state index is -0.157. The Morgan fingerprint density at radius 1 is 1.20 bits per heavy atom. The van der Waals surface area contributed by atoms with Crippen molar-refractivity contribution in [3.63, 3.8) is 0 Å². The molecule has 0 aliphatic carbocycles. The zero-order valence-corrected chi connectivity index (χ0v) is 12.7. The van der Waals surface area contributed by atoms with Gasteiger partial charge in [0.2, 0.25) is 0 Å². The van der Waals surface area contributed by atoms with Gasteiger partial charge in [-0.1, -0.05) is 25.7 Å². The van der Waals surface area contributed by atoms with Gasteiger partial charge in [0.25, 0.3) is 5.91 Å². The first kappa shape index (κ1) is 16.3. The first-order valence-electron chi connectivity index (χ1n) is 6.96. The minimum Gasteiger partial charge on any atom is -0.384 e. The van der Waals surface area contributed by atoms with Gasteiger partial charge in [-0.25, -0.2) is 0 Å². The monoisotopic (exact) mass is 273 g/mol. The van der Waals surface area contributed by atoms with E-state index in [-0.39, 0.29) is 18.6 Å². The Morgan fingerprint density at radius 2 is 1.80 bits per heavy atom. The van der Waals surface area contributed by atoms with Gasteiger partial charge < -0.3 is 10.0 Å². The third-order valence-corrected chi connectivity index (χ3v) is 2.89. The lowest BCUT2D eigenvalue weighted by molar-refractivity contribution is 0.0682. The van der Waals surface area contributed by atoms with Crippen LogP contribution in [0.3, 0.4) is 0 Å². The molecule has 0 radical (unpaired) electrons. The Balaban J connectivity index is 2.89. The molecule has 1 amide bonds. The lowest BCUT2D eigenvalue weighted by Gasteiger charge is -2.28. The summed E-state index contributed by atoms with van der Waals surface area (Å²) < 4.78 is 0. The van der Waals surface area contributed by atoms with Gasteiger partial charge in [-0.3, -0.25) is 4.79 Å². The van der Waals surface area contributed by atoms with Gasteiger partial charge in [0.05, 0.1) is 0 Å². The molecule has 1 rings (SSSR count). The molecule has 1 N–H and O–H groups in total. The van der Waals surface area contributed by atoms with E-state index in [2.05, 4.69) is 25.7 Å². The molecule has 3 nitrogen and oxygen atoms in total. The number of amides is 1. The molecule has 20 heavy (non-hydrogen) atoms. The quantitative estimate of drug-likeness (QED) is 0.856. The molecule has 3 heteroatoms. The molecule has 0 aliphatic rings. The number of rotatable bonds is 4. The van der Waals surface area contributed by atoms with Crippen LogP contribution in [0.4, 0.5) is 0 Å². The van der Waals surface area contributed by atoms with E-state index >= 15 is 0 Å². The number of carbonyl (C=O) groups excluding carboxylic acids is 1. The van der Waals surface area contributed by atoms with Crippen molar-refractivity contribution in [2.75, 3.05) is 13.2 Å². The summed E-state index contributed by atoms with van der Waals surface area (Å²) in [6.45, 7) is 8.87. The molecule has 0 atom stereocenters. The van der Waals surface area contributed by atoms with Crippen molar-refractivity contribution < 1.29 is 9.90 Å².